The van der Waals surface area contributed by atoms with E-state index in [1.54, 1.807) is 0 Å². The van der Waals surface area contributed by atoms with Gasteiger partial charge in [-0.1, -0.05) is 315 Å². The van der Waals surface area contributed by atoms with Crippen molar-refractivity contribution in [1.82, 2.24) is 33.2 Å². The molecule has 0 saturated carbocycles. The highest BCUT2D eigenvalue weighted by molar-refractivity contribution is 6.15. The summed E-state index contributed by atoms with van der Waals surface area (Å²) >= 11 is 0. The molecule has 0 aliphatic carbocycles. The van der Waals surface area contributed by atoms with E-state index in [4.69, 9.17) is 15.0 Å². The summed E-state index contributed by atoms with van der Waals surface area (Å²) in [7, 11) is 0. The van der Waals surface area contributed by atoms with Crippen LogP contribution in [0.4, 0.5) is 0 Å². The number of pyridine rings is 1. The number of fused-ring (bicyclic) bond motifs is 12. The maximum atomic E-state index is 5.19. The van der Waals surface area contributed by atoms with E-state index in [2.05, 4.69) is 443 Å². The van der Waals surface area contributed by atoms with Gasteiger partial charge in [0.05, 0.1) is 66.9 Å². The highest BCUT2D eigenvalue weighted by Gasteiger charge is 2.22. The van der Waals surface area contributed by atoms with Crippen LogP contribution in [-0.4, -0.2) is 33.2 Å². The lowest BCUT2D eigenvalue weighted by molar-refractivity contribution is 1.16. The van der Waals surface area contributed by atoms with Gasteiger partial charge in [-0.05, 0) is 207 Å². The minimum atomic E-state index is 0.699. The Kier molecular flexibility index (Phi) is 18.1. The quantitative estimate of drug-likeness (QED) is 0.109. The molecule has 6 heterocycles. The molecule has 6 aromatic heterocycles. The third-order valence-corrected chi connectivity index (χ3v) is 24.5. The molecule has 0 amide bonds. The lowest BCUT2D eigenvalue weighted by Gasteiger charge is -2.12. The van der Waals surface area contributed by atoms with E-state index >= 15 is 0 Å². The molecule has 0 radical (unpaired) electrons. The first-order valence-electron chi connectivity index (χ1n) is 42.3. The van der Waals surface area contributed by atoms with Crippen LogP contribution in [0.2, 0.25) is 0 Å². The van der Waals surface area contributed by atoms with Crippen molar-refractivity contribution in [2.45, 2.75) is 0 Å². The molecule has 0 spiro atoms. The van der Waals surface area contributed by atoms with E-state index in [-0.39, 0.29) is 0 Å². The Balaban J connectivity index is 0.000000143. The topological polar surface area (TPSA) is 58.4 Å². The van der Waals surface area contributed by atoms with Crippen molar-refractivity contribution in [3.63, 3.8) is 0 Å². The number of hydrogen-bond donors (Lipinski definition) is 0. The van der Waals surface area contributed by atoms with Crippen molar-refractivity contribution in [1.29, 1.82) is 0 Å². The Morgan fingerprint density at radius 3 is 0.613 bits per heavy atom. The third-order valence-electron chi connectivity index (χ3n) is 24.5. The molecular formula is C117H77N7. The molecule has 0 fully saturated rings. The van der Waals surface area contributed by atoms with Gasteiger partial charge in [-0.25, -0.2) is 15.0 Å². The van der Waals surface area contributed by atoms with Crippen molar-refractivity contribution in [3.05, 3.63) is 467 Å². The Morgan fingerprint density at radius 2 is 0.323 bits per heavy atom. The molecule has 7 heteroatoms. The van der Waals surface area contributed by atoms with Crippen molar-refractivity contribution < 1.29 is 0 Å². The van der Waals surface area contributed by atoms with Crippen molar-refractivity contribution in [2.24, 2.45) is 0 Å². The van der Waals surface area contributed by atoms with E-state index in [0.717, 1.165) is 89.9 Å². The summed E-state index contributed by atoms with van der Waals surface area (Å²) < 4.78 is 9.54. The first-order valence-corrected chi connectivity index (χ1v) is 42.3. The summed E-state index contributed by atoms with van der Waals surface area (Å²) in [4.78, 5) is 15.3. The molecule has 24 aromatic rings. The summed E-state index contributed by atoms with van der Waals surface area (Å²) in [5, 5.41) is 9.87. The molecule has 580 valence electrons. The first kappa shape index (κ1) is 72.6. The van der Waals surface area contributed by atoms with Gasteiger partial charge in [-0.15, -0.1) is 0 Å². The van der Waals surface area contributed by atoms with Gasteiger partial charge in [-0.2, -0.15) is 0 Å². The Morgan fingerprint density at radius 1 is 0.121 bits per heavy atom. The van der Waals surface area contributed by atoms with Gasteiger partial charge in [0.1, 0.15) is 0 Å². The molecule has 0 bridgehead atoms. The van der Waals surface area contributed by atoms with E-state index in [9.17, 15) is 0 Å². The van der Waals surface area contributed by atoms with Gasteiger partial charge in [0, 0.05) is 93.7 Å². The summed E-state index contributed by atoms with van der Waals surface area (Å²) in [6.07, 6.45) is 0. The maximum Gasteiger partial charge on any atom is 0.160 e. The molecule has 0 aliphatic heterocycles. The molecule has 0 aliphatic rings. The molecule has 18 aromatic carbocycles. The number of rotatable bonds is 14. The summed E-state index contributed by atoms with van der Waals surface area (Å²) in [6, 6.07) is 167. The second kappa shape index (κ2) is 31.0. The van der Waals surface area contributed by atoms with Crippen LogP contribution >= 0.6 is 0 Å². The molecule has 0 atom stereocenters. The van der Waals surface area contributed by atoms with Crippen molar-refractivity contribution >= 4 is 87.2 Å². The van der Waals surface area contributed by atoms with Gasteiger partial charge in [0.25, 0.3) is 0 Å². The van der Waals surface area contributed by atoms with Crippen LogP contribution in [0, 0.1) is 0 Å². The van der Waals surface area contributed by atoms with Crippen molar-refractivity contribution in [2.75, 3.05) is 0 Å². The average Bonchev–Trinajstić information content (AvgIpc) is 1.59. The number of aromatic nitrogens is 7. The molecule has 0 saturated heterocycles. The molecule has 24 rings (SSSR count). The van der Waals surface area contributed by atoms with Gasteiger partial charge in [0.2, 0.25) is 0 Å². The van der Waals surface area contributed by atoms with Gasteiger partial charge < -0.3 is 18.3 Å². The monoisotopic (exact) mass is 1580 g/mol. The second-order valence-electron chi connectivity index (χ2n) is 31.8. The Hall–Kier alpha value is -16.6. The van der Waals surface area contributed by atoms with Gasteiger partial charge in [0.15, 0.2) is 5.82 Å². The minimum absolute atomic E-state index is 0.699. The van der Waals surface area contributed by atoms with Crippen LogP contribution < -0.4 is 0 Å². The molecule has 7 nitrogen and oxygen atoms in total. The lowest BCUT2D eigenvalue weighted by atomic mass is 10.00. The van der Waals surface area contributed by atoms with Crippen LogP contribution in [0.5, 0.6) is 0 Å². The van der Waals surface area contributed by atoms with Crippen LogP contribution in [-0.2, 0) is 0 Å². The van der Waals surface area contributed by atoms with Crippen LogP contribution in [0.15, 0.2) is 467 Å². The second-order valence-corrected chi connectivity index (χ2v) is 31.8. The SMILES string of the molecule is c1ccc(-c2ccc(-n3c4ccccc4c4cc(-c5ccc6c(c5)c5ccccc5n6-c5ccc(-c6cc(-c7ccccc7)cc(-c7ccccc7)n6)cc5)ccc43)cc2)cc1.c1ccc(-c2ccc(-n3c4ccccc4c4cc(-c5ccc6c(c5)c5ccccc5n6-c5ccc(-c6nc(-c7ccccc7)cc(-c7ccccc7)n6)cc5)ccc43)cc2)cc1. The predicted molar refractivity (Wildman–Crippen MR) is 518 cm³/mol. The largest absolute Gasteiger partial charge is 0.309 e. The number of nitrogens with zero attached hydrogens (tertiary/aromatic N) is 7. The molecule has 124 heavy (non-hydrogen) atoms. The predicted octanol–water partition coefficient (Wildman–Crippen LogP) is 30.6. The lowest BCUT2D eigenvalue weighted by Crippen LogP contribution is -1.97. The van der Waals surface area contributed by atoms with Gasteiger partial charge in [-0.3, -0.25) is 0 Å². The zero-order chi connectivity index (χ0) is 82.0. The highest BCUT2D eigenvalue weighted by Crippen LogP contribution is 2.44. The van der Waals surface area contributed by atoms with E-state index in [1.165, 1.54) is 126 Å². The fraction of sp³-hybridized carbons (Fsp3) is 0. The normalized spacial score (nSPS) is 11.5. The van der Waals surface area contributed by atoms with E-state index < -0.39 is 0 Å². The fourth-order valence-corrected chi connectivity index (χ4v) is 18.5. The van der Waals surface area contributed by atoms with Crippen LogP contribution in [0.1, 0.15) is 0 Å². The average molecular weight is 1580 g/mol. The zero-order valence-corrected chi connectivity index (χ0v) is 67.6. The zero-order valence-electron chi connectivity index (χ0n) is 67.6. The van der Waals surface area contributed by atoms with E-state index in [1.807, 2.05) is 42.5 Å². The Bertz CT molecular complexity index is 7540. The highest BCUT2D eigenvalue weighted by atomic mass is 15.0. The minimum Gasteiger partial charge on any atom is -0.309 e. The number of hydrogen-bond acceptors (Lipinski definition) is 3. The maximum absolute atomic E-state index is 5.19. The first-order chi connectivity index (χ1) is 61.5. The Labute approximate surface area is 717 Å². The molecule has 0 N–H and O–H groups in total. The number of para-hydroxylation sites is 4. The smallest absolute Gasteiger partial charge is 0.160 e. The molecule has 0 unspecified atom stereocenters. The summed E-state index contributed by atoms with van der Waals surface area (Å²) in [6.45, 7) is 0. The summed E-state index contributed by atoms with van der Waals surface area (Å²) in [5.74, 6) is 0.699. The third kappa shape index (κ3) is 13.2. The summed E-state index contributed by atoms with van der Waals surface area (Å²) in [5.41, 5.74) is 34.9. The molecular weight excluding hydrogens is 1500 g/mol. The van der Waals surface area contributed by atoms with Crippen LogP contribution in [0.3, 0.4) is 0 Å². The van der Waals surface area contributed by atoms with E-state index in [0.29, 0.717) is 5.82 Å². The number of benzene rings is 18. The van der Waals surface area contributed by atoms with Crippen LogP contribution in [0.25, 0.3) is 222 Å². The van der Waals surface area contributed by atoms with Crippen molar-refractivity contribution in [3.8, 4) is 135 Å². The standard InChI is InChI=1S/C59H39N3.C58H38N4/c1-4-14-40(15-5-1)42-24-30-48(31-25-42)61-56-22-12-10-20-50(56)52-36-45(28-34-58(52)61)46-29-35-59-53(37-46)51-21-11-13-23-57(51)62(59)49-32-26-44(27-33-49)55-39-47(41-16-6-2-7-17-41)38-54(60-55)43-18-8-3-9-19-43;1-4-14-39(15-5-1)40-24-30-46(31-25-40)61-54-22-12-10-20-48(54)50-36-44(28-34-56(50)61)45-29-35-57-51(37-45)49-21-11-13-23-55(49)62(57)47-32-26-43(27-33-47)58-59-52(41-16-6-2-7-17-41)38-53(60-58)42-18-8-3-9-19-42/h1-39H;1-38H. The fourth-order valence-electron chi connectivity index (χ4n) is 18.5. The van der Waals surface area contributed by atoms with Gasteiger partial charge >= 0.3 is 0 Å².